The first-order valence-corrected chi connectivity index (χ1v) is 9.28. The molecule has 2 aromatic heterocycles. The van der Waals surface area contributed by atoms with Crippen LogP contribution < -0.4 is 11.1 Å². The zero-order chi connectivity index (χ0) is 20.1. The predicted molar refractivity (Wildman–Crippen MR) is 111 cm³/mol. The Balaban J connectivity index is 1.86. The lowest BCUT2D eigenvalue weighted by Gasteiger charge is -2.04. The third-order valence-corrected chi connectivity index (χ3v) is 5.31. The Bertz CT molecular complexity index is 1340. The van der Waals surface area contributed by atoms with Crippen molar-refractivity contribution < 1.29 is 14.7 Å². The third kappa shape index (κ3) is 2.48. The molecule has 0 spiro atoms. The lowest BCUT2D eigenvalue weighted by molar-refractivity contribution is -0.122. The Morgan fingerprint density at radius 2 is 1.72 bits per heavy atom. The van der Waals surface area contributed by atoms with Crippen LogP contribution in [0.2, 0.25) is 0 Å². The van der Waals surface area contributed by atoms with Gasteiger partial charge < -0.3 is 20.4 Å². The van der Waals surface area contributed by atoms with E-state index in [-0.39, 0.29) is 11.3 Å². The highest BCUT2D eigenvalue weighted by Gasteiger charge is 2.35. The van der Waals surface area contributed by atoms with Gasteiger partial charge in [-0.3, -0.25) is 14.9 Å². The molecule has 0 saturated carbocycles. The van der Waals surface area contributed by atoms with Crippen LogP contribution in [0.1, 0.15) is 11.1 Å². The average Bonchev–Trinajstić information content (AvgIpc) is 3.36. The number of para-hydroxylation sites is 1. The summed E-state index contributed by atoms with van der Waals surface area (Å²) in [6.45, 7) is 0.920. The van der Waals surface area contributed by atoms with E-state index in [1.165, 1.54) is 0 Å². The number of carbonyl (C=O) groups is 2. The van der Waals surface area contributed by atoms with Crippen molar-refractivity contribution in [3.05, 3.63) is 66.0 Å². The van der Waals surface area contributed by atoms with Gasteiger partial charge in [0.25, 0.3) is 11.8 Å². The number of phenolic OH excluding ortho intramolecular Hbond substituents is 1. The van der Waals surface area contributed by atoms with Gasteiger partial charge in [-0.15, -0.1) is 0 Å². The zero-order valence-electron chi connectivity index (χ0n) is 15.4. The Kier molecular flexibility index (Phi) is 3.78. The van der Waals surface area contributed by atoms with Gasteiger partial charge in [-0.25, -0.2) is 0 Å². The van der Waals surface area contributed by atoms with Crippen LogP contribution in [0.3, 0.4) is 0 Å². The van der Waals surface area contributed by atoms with E-state index >= 15 is 0 Å². The van der Waals surface area contributed by atoms with E-state index in [4.69, 9.17) is 5.73 Å². The van der Waals surface area contributed by atoms with E-state index in [0.717, 1.165) is 16.4 Å². The summed E-state index contributed by atoms with van der Waals surface area (Å²) in [7, 11) is 0. The van der Waals surface area contributed by atoms with E-state index in [1.807, 2.05) is 34.9 Å². The standard InChI is InChI=1S/C22H18N4O3/c23-8-9-26-11-14(18-16(26)6-3-7-17(18)27)20-19(21(28)25-22(20)29)13-10-24-15-5-2-1-4-12(13)15/h1-7,10-11,24,27H,8-9,23H2,(H,25,28,29). The second kappa shape index (κ2) is 6.35. The second-order valence-electron chi connectivity index (χ2n) is 6.98. The molecular weight excluding hydrogens is 368 g/mol. The van der Waals surface area contributed by atoms with Crippen molar-refractivity contribution in [2.75, 3.05) is 6.54 Å². The second-order valence-corrected chi connectivity index (χ2v) is 6.98. The summed E-state index contributed by atoms with van der Waals surface area (Å²) < 4.78 is 1.89. The largest absolute Gasteiger partial charge is 0.507 e. The molecular formula is C22H18N4O3. The molecule has 2 aromatic carbocycles. The quantitative estimate of drug-likeness (QED) is 0.403. The summed E-state index contributed by atoms with van der Waals surface area (Å²) in [5, 5.41) is 14.3. The molecule has 5 N–H and O–H groups in total. The molecule has 1 aliphatic rings. The normalized spacial score (nSPS) is 14.4. The number of rotatable bonds is 4. The first kappa shape index (κ1) is 17.3. The first-order valence-electron chi connectivity index (χ1n) is 9.28. The number of nitrogens with zero attached hydrogens (tertiary/aromatic N) is 1. The Hall–Kier alpha value is -3.84. The average molecular weight is 386 g/mol. The summed E-state index contributed by atoms with van der Waals surface area (Å²) in [5.74, 6) is -0.888. The summed E-state index contributed by atoms with van der Waals surface area (Å²) in [4.78, 5) is 28.8. The fourth-order valence-electron chi connectivity index (χ4n) is 4.09. The number of aromatic nitrogens is 2. The van der Waals surface area contributed by atoms with Gasteiger partial charge in [0.15, 0.2) is 0 Å². The minimum absolute atomic E-state index is 0.0474. The van der Waals surface area contributed by atoms with Crippen LogP contribution in [0.25, 0.3) is 33.0 Å². The number of benzene rings is 2. The first-order chi connectivity index (χ1) is 14.1. The van der Waals surface area contributed by atoms with Gasteiger partial charge in [-0.05, 0) is 18.2 Å². The van der Waals surface area contributed by atoms with Crippen molar-refractivity contribution in [2.45, 2.75) is 6.54 Å². The van der Waals surface area contributed by atoms with E-state index in [1.54, 1.807) is 24.5 Å². The number of nitrogens with one attached hydrogen (secondary N) is 2. The Morgan fingerprint density at radius 1 is 0.966 bits per heavy atom. The van der Waals surface area contributed by atoms with Crippen LogP contribution in [0.4, 0.5) is 0 Å². The number of aromatic hydroxyl groups is 1. The van der Waals surface area contributed by atoms with Crippen LogP contribution in [0.15, 0.2) is 54.9 Å². The summed E-state index contributed by atoms with van der Waals surface area (Å²) >= 11 is 0. The van der Waals surface area contributed by atoms with Gasteiger partial charge in [0.05, 0.1) is 16.7 Å². The van der Waals surface area contributed by atoms with Crippen LogP contribution in [-0.4, -0.2) is 33.0 Å². The highest BCUT2D eigenvalue weighted by atomic mass is 16.3. The fourth-order valence-corrected chi connectivity index (χ4v) is 4.09. The minimum Gasteiger partial charge on any atom is -0.507 e. The maximum Gasteiger partial charge on any atom is 0.259 e. The topological polar surface area (TPSA) is 113 Å². The molecule has 7 nitrogen and oxygen atoms in total. The maximum atomic E-state index is 12.8. The van der Waals surface area contributed by atoms with Crippen LogP contribution in [0.5, 0.6) is 5.75 Å². The minimum atomic E-state index is -0.481. The number of fused-ring (bicyclic) bond motifs is 2. The Morgan fingerprint density at radius 3 is 2.52 bits per heavy atom. The molecule has 0 atom stereocenters. The van der Waals surface area contributed by atoms with Gasteiger partial charge in [-0.2, -0.15) is 0 Å². The van der Waals surface area contributed by atoms with Crippen molar-refractivity contribution in [1.82, 2.24) is 14.9 Å². The number of hydrogen-bond acceptors (Lipinski definition) is 4. The van der Waals surface area contributed by atoms with Crippen molar-refractivity contribution >= 4 is 44.8 Å². The highest BCUT2D eigenvalue weighted by Crippen LogP contribution is 2.40. The molecule has 0 saturated heterocycles. The van der Waals surface area contributed by atoms with Crippen molar-refractivity contribution in [3.8, 4) is 5.75 Å². The third-order valence-electron chi connectivity index (χ3n) is 5.31. The molecule has 2 amide bonds. The lowest BCUT2D eigenvalue weighted by Crippen LogP contribution is -2.22. The van der Waals surface area contributed by atoms with E-state index in [0.29, 0.717) is 35.2 Å². The number of hydrogen-bond donors (Lipinski definition) is 4. The smallest absolute Gasteiger partial charge is 0.259 e. The predicted octanol–water partition coefficient (Wildman–Crippen LogP) is 2.35. The van der Waals surface area contributed by atoms with Gasteiger partial charge in [-0.1, -0.05) is 24.3 Å². The molecule has 0 aliphatic carbocycles. The molecule has 3 heterocycles. The molecule has 7 heteroatoms. The highest BCUT2D eigenvalue weighted by molar-refractivity contribution is 6.50. The molecule has 144 valence electrons. The molecule has 0 fully saturated rings. The van der Waals surface area contributed by atoms with Gasteiger partial charge in [0, 0.05) is 52.9 Å². The van der Waals surface area contributed by atoms with Crippen LogP contribution >= 0.6 is 0 Å². The number of imide groups is 1. The zero-order valence-corrected chi connectivity index (χ0v) is 15.4. The molecule has 29 heavy (non-hydrogen) atoms. The number of amides is 2. The summed E-state index contributed by atoms with van der Waals surface area (Å²) in [6, 6.07) is 12.8. The number of H-pyrrole nitrogens is 1. The molecule has 0 radical (unpaired) electrons. The van der Waals surface area contributed by atoms with E-state index in [9.17, 15) is 14.7 Å². The molecule has 1 aliphatic heterocycles. The monoisotopic (exact) mass is 386 g/mol. The maximum absolute atomic E-state index is 12.8. The lowest BCUT2D eigenvalue weighted by atomic mass is 9.95. The van der Waals surface area contributed by atoms with Crippen LogP contribution in [-0.2, 0) is 16.1 Å². The number of phenols is 1. The summed E-state index contributed by atoms with van der Waals surface area (Å²) in [5.41, 5.74) is 9.06. The molecule has 4 aromatic rings. The van der Waals surface area contributed by atoms with E-state index < -0.39 is 11.8 Å². The van der Waals surface area contributed by atoms with Crippen molar-refractivity contribution in [1.29, 1.82) is 0 Å². The number of nitrogens with two attached hydrogens (primary N) is 1. The molecule has 5 rings (SSSR count). The number of aromatic amines is 1. The SMILES string of the molecule is NCCn1cc(C2=C(c3c[nH]c4ccccc34)C(=O)NC2=O)c2c(O)cccc21. The van der Waals surface area contributed by atoms with E-state index in [2.05, 4.69) is 10.3 Å². The van der Waals surface area contributed by atoms with Gasteiger partial charge in [0.2, 0.25) is 0 Å². The molecule has 0 bridgehead atoms. The van der Waals surface area contributed by atoms with Crippen LogP contribution in [0, 0.1) is 0 Å². The van der Waals surface area contributed by atoms with Crippen molar-refractivity contribution in [2.24, 2.45) is 5.73 Å². The van der Waals surface area contributed by atoms with Crippen molar-refractivity contribution in [3.63, 3.8) is 0 Å². The fraction of sp³-hybridized carbons (Fsp3) is 0.0909. The Labute approximate surface area is 165 Å². The summed E-state index contributed by atoms with van der Waals surface area (Å²) in [6.07, 6.45) is 3.51. The number of carbonyl (C=O) groups excluding carboxylic acids is 2. The van der Waals surface area contributed by atoms with Gasteiger partial charge >= 0.3 is 0 Å². The molecule has 0 unspecified atom stereocenters. The van der Waals surface area contributed by atoms with Gasteiger partial charge in [0.1, 0.15) is 5.75 Å².